The molecule has 1 atom stereocenters. The van der Waals surface area contributed by atoms with E-state index in [1.165, 1.54) is 37.1 Å². The van der Waals surface area contributed by atoms with Gasteiger partial charge >= 0.3 is 0 Å². The Hall–Kier alpha value is -3.04. The van der Waals surface area contributed by atoms with E-state index in [2.05, 4.69) is 5.10 Å². The van der Waals surface area contributed by atoms with Gasteiger partial charge in [0, 0.05) is 6.42 Å². The van der Waals surface area contributed by atoms with E-state index in [0.29, 0.717) is 29.2 Å². The molecular weight excluding hydrogens is 448 g/mol. The van der Waals surface area contributed by atoms with Gasteiger partial charge in [-0.2, -0.15) is 17.9 Å². The van der Waals surface area contributed by atoms with E-state index in [9.17, 15) is 8.42 Å². The topological polar surface area (TPSA) is 77.4 Å². The summed E-state index contributed by atoms with van der Waals surface area (Å²) in [6, 6.07) is 13.6. The summed E-state index contributed by atoms with van der Waals surface area (Å²) in [7, 11) is 0.699. The number of hydrogen-bond donors (Lipinski definition) is 0. The fraction of sp³-hybridized carbons (Fsp3) is 0.261. The highest BCUT2D eigenvalue weighted by Gasteiger charge is 2.38. The summed E-state index contributed by atoms with van der Waals surface area (Å²) in [5.41, 5.74) is 2.40. The van der Waals surface area contributed by atoms with Crippen LogP contribution in [0.4, 0.5) is 0 Å². The molecule has 3 aromatic rings. The SMILES string of the molecule is COc1cc([C@@H]2CC(c3cccs3)=NN2S(=O)(=O)c2ccc(C)cc2)cc(OC)c1OC. The summed E-state index contributed by atoms with van der Waals surface area (Å²) < 4.78 is 44.8. The Morgan fingerprint density at radius 2 is 1.66 bits per heavy atom. The maximum Gasteiger partial charge on any atom is 0.279 e. The van der Waals surface area contributed by atoms with Gasteiger partial charge in [0.1, 0.15) is 0 Å². The Balaban J connectivity index is 1.84. The van der Waals surface area contributed by atoms with Crippen molar-refractivity contribution >= 4 is 27.1 Å². The first-order valence-corrected chi connectivity index (χ1v) is 12.2. The minimum atomic E-state index is -3.89. The molecule has 9 heteroatoms. The van der Waals surface area contributed by atoms with Crippen molar-refractivity contribution in [1.82, 2.24) is 4.41 Å². The lowest BCUT2D eigenvalue weighted by molar-refractivity contribution is 0.319. The van der Waals surface area contributed by atoms with Gasteiger partial charge in [0.05, 0.1) is 42.9 Å². The van der Waals surface area contributed by atoms with Gasteiger partial charge in [0.2, 0.25) is 5.75 Å². The Bertz CT molecular complexity index is 1210. The minimum absolute atomic E-state index is 0.191. The summed E-state index contributed by atoms with van der Waals surface area (Å²) in [6.07, 6.45) is 0.421. The summed E-state index contributed by atoms with van der Waals surface area (Å²) in [4.78, 5) is 1.13. The number of sulfonamides is 1. The molecule has 1 aromatic heterocycles. The molecule has 2 heterocycles. The molecule has 0 unspecified atom stereocenters. The maximum atomic E-state index is 13.6. The maximum absolute atomic E-state index is 13.6. The normalized spacial score (nSPS) is 16.1. The molecule has 4 rings (SSSR count). The average Bonchev–Trinajstić information content (AvgIpc) is 3.48. The average molecular weight is 473 g/mol. The van der Waals surface area contributed by atoms with Crippen LogP contribution < -0.4 is 14.2 Å². The van der Waals surface area contributed by atoms with Crippen molar-refractivity contribution in [3.05, 3.63) is 69.9 Å². The first-order valence-electron chi connectivity index (χ1n) is 9.91. The van der Waals surface area contributed by atoms with Crippen LogP contribution in [-0.4, -0.2) is 39.9 Å². The van der Waals surface area contributed by atoms with Gasteiger partial charge in [-0.1, -0.05) is 23.8 Å². The van der Waals surface area contributed by atoms with Crippen molar-refractivity contribution < 1.29 is 22.6 Å². The van der Waals surface area contributed by atoms with Gasteiger partial charge in [0.15, 0.2) is 11.5 Å². The summed E-state index contributed by atoms with van der Waals surface area (Å²) in [5.74, 6) is 1.36. The van der Waals surface area contributed by atoms with Gasteiger partial charge in [-0.3, -0.25) is 0 Å². The van der Waals surface area contributed by atoms with Gasteiger partial charge in [0.25, 0.3) is 10.0 Å². The Kier molecular flexibility index (Phi) is 6.12. The number of hydrazone groups is 1. The highest BCUT2D eigenvalue weighted by Crippen LogP contribution is 2.44. The Morgan fingerprint density at radius 3 is 2.19 bits per heavy atom. The number of nitrogens with zero attached hydrogens (tertiary/aromatic N) is 2. The highest BCUT2D eigenvalue weighted by molar-refractivity contribution is 7.89. The third-order valence-electron chi connectivity index (χ3n) is 5.32. The predicted octanol–water partition coefficient (Wildman–Crippen LogP) is 4.62. The molecule has 0 saturated carbocycles. The smallest absolute Gasteiger partial charge is 0.279 e. The number of hydrogen-bond acceptors (Lipinski definition) is 7. The van der Waals surface area contributed by atoms with Crippen LogP contribution in [0.5, 0.6) is 17.2 Å². The molecule has 0 aliphatic carbocycles. The van der Waals surface area contributed by atoms with E-state index in [0.717, 1.165) is 16.2 Å². The van der Waals surface area contributed by atoms with Crippen molar-refractivity contribution in [2.45, 2.75) is 24.3 Å². The molecule has 0 amide bonds. The van der Waals surface area contributed by atoms with Crippen LogP contribution in [0, 0.1) is 6.92 Å². The zero-order chi connectivity index (χ0) is 22.9. The highest BCUT2D eigenvalue weighted by atomic mass is 32.2. The molecule has 0 saturated heterocycles. The molecule has 1 aliphatic rings. The van der Waals surface area contributed by atoms with E-state index in [-0.39, 0.29) is 4.90 Å². The molecule has 168 valence electrons. The van der Waals surface area contributed by atoms with Crippen molar-refractivity contribution in [2.75, 3.05) is 21.3 Å². The number of rotatable bonds is 7. The first kappa shape index (κ1) is 22.2. The van der Waals surface area contributed by atoms with Crippen LogP contribution >= 0.6 is 11.3 Å². The molecule has 7 nitrogen and oxygen atoms in total. The zero-order valence-electron chi connectivity index (χ0n) is 18.2. The largest absolute Gasteiger partial charge is 0.493 e. The van der Waals surface area contributed by atoms with Crippen LogP contribution in [0.15, 0.2) is 63.9 Å². The van der Waals surface area contributed by atoms with E-state index in [1.807, 2.05) is 24.4 Å². The quantitative estimate of drug-likeness (QED) is 0.501. The molecule has 0 bridgehead atoms. The van der Waals surface area contributed by atoms with Crippen molar-refractivity contribution in [3.8, 4) is 17.2 Å². The molecule has 32 heavy (non-hydrogen) atoms. The Morgan fingerprint density at radius 1 is 1.00 bits per heavy atom. The molecule has 2 aromatic carbocycles. The molecule has 0 fully saturated rings. The van der Waals surface area contributed by atoms with Crippen molar-refractivity contribution in [2.24, 2.45) is 5.10 Å². The molecule has 0 N–H and O–H groups in total. The van der Waals surface area contributed by atoms with E-state index in [1.54, 1.807) is 36.4 Å². The lowest BCUT2D eigenvalue weighted by atomic mass is 10.0. The molecular formula is C23H24N2O5S2. The third kappa shape index (κ3) is 3.93. The van der Waals surface area contributed by atoms with Crippen molar-refractivity contribution in [3.63, 3.8) is 0 Å². The van der Waals surface area contributed by atoms with Crippen LogP contribution in [0.25, 0.3) is 0 Å². The predicted molar refractivity (Wildman–Crippen MR) is 125 cm³/mol. The van der Waals surface area contributed by atoms with Gasteiger partial charge in [-0.05, 0) is 48.2 Å². The van der Waals surface area contributed by atoms with Gasteiger partial charge < -0.3 is 14.2 Å². The number of methoxy groups -OCH3 is 3. The molecule has 1 aliphatic heterocycles. The summed E-state index contributed by atoms with van der Waals surface area (Å²) >= 11 is 1.53. The fourth-order valence-electron chi connectivity index (χ4n) is 3.66. The molecule has 0 radical (unpaired) electrons. The van der Waals surface area contributed by atoms with Gasteiger partial charge in [-0.25, -0.2) is 0 Å². The molecule has 0 spiro atoms. The third-order valence-corrected chi connectivity index (χ3v) is 7.93. The number of ether oxygens (including phenoxy) is 3. The van der Waals surface area contributed by atoms with Crippen LogP contribution in [0.3, 0.4) is 0 Å². The monoisotopic (exact) mass is 472 g/mol. The van der Waals surface area contributed by atoms with Crippen molar-refractivity contribution in [1.29, 1.82) is 0 Å². The second-order valence-electron chi connectivity index (χ2n) is 7.29. The number of benzene rings is 2. The van der Waals surface area contributed by atoms with Crippen LogP contribution in [0.2, 0.25) is 0 Å². The second-order valence-corrected chi connectivity index (χ2v) is 10.0. The zero-order valence-corrected chi connectivity index (χ0v) is 19.9. The summed E-state index contributed by atoms with van der Waals surface area (Å²) in [6.45, 7) is 1.91. The Labute approximate surface area is 191 Å². The standard InChI is InChI=1S/C23H24N2O5S2/c1-15-7-9-17(10-8-15)32(26,27)25-19(14-18(24-25)22-6-5-11-31-22)16-12-20(28-2)23(30-4)21(13-16)29-3/h5-13,19H,14H2,1-4H3/t19-/m0/s1. The van der Waals surface area contributed by atoms with Crippen LogP contribution in [0.1, 0.15) is 28.5 Å². The fourth-order valence-corrected chi connectivity index (χ4v) is 5.82. The number of aryl methyl sites for hydroxylation is 1. The second kappa shape index (κ2) is 8.84. The lowest BCUT2D eigenvalue weighted by Crippen LogP contribution is -2.27. The van der Waals surface area contributed by atoms with Gasteiger partial charge in [-0.15, -0.1) is 11.3 Å². The van der Waals surface area contributed by atoms with E-state index >= 15 is 0 Å². The van der Waals surface area contributed by atoms with E-state index in [4.69, 9.17) is 14.2 Å². The minimum Gasteiger partial charge on any atom is -0.493 e. The lowest BCUT2D eigenvalue weighted by Gasteiger charge is -2.25. The van der Waals surface area contributed by atoms with E-state index < -0.39 is 16.1 Å². The first-order chi connectivity index (χ1) is 15.4. The number of thiophene rings is 1. The van der Waals surface area contributed by atoms with Crippen LogP contribution in [-0.2, 0) is 10.0 Å². The summed E-state index contributed by atoms with van der Waals surface area (Å²) in [5, 5.41) is 6.52.